The SMILES string of the molecule is CCN(CC)c1ccc(C(c2ccc(N(CC)CC)cc2)=c2ccc(=c3ncc(=c4ccc(=c5ncc(=c6ccc(=C(c7ccc(C)cc7)c7ccc(C)cc7)cc6)o5)cc4)o3)cc2)cc1. The van der Waals surface area contributed by atoms with E-state index < -0.39 is 0 Å². The van der Waals surface area contributed by atoms with Crippen LogP contribution in [0, 0.1) is 56.6 Å². The van der Waals surface area contributed by atoms with Crippen LogP contribution in [0.15, 0.2) is 191 Å². The van der Waals surface area contributed by atoms with Gasteiger partial charge in [-0.2, -0.15) is 0 Å². The molecule has 0 saturated carbocycles. The molecule has 9 rings (SSSR count). The van der Waals surface area contributed by atoms with Gasteiger partial charge < -0.3 is 18.6 Å². The van der Waals surface area contributed by atoms with Crippen molar-refractivity contribution in [3.63, 3.8) is 0 Å². The van der Waals surface area contributed by atoms with Gasteiger partial charge in [0.25, 0.3) is 0 Å². The van der Waals surface area contributed by atoms with Gasteiger partial charge in [0.2, 0.25) is 11.1 Å². The van der Waals surface area contributed by atoms with E-state index in [2.05, 4.69) is 202 Å². The maximum absolute atomic E-state index is 6.37. The first-order valence-electron chi connectivity index (χ1n) is 23.1. The quantitative estimate of drug-likeness (QED) is 0.136. The van der Waals surface area contributed by atoms with E-state index in [4.69, 9.17) is 13.8 Å². The Bertz CT molecular complexity index is 3470. The van der Waals surface area contributed by atoms with E-state index in [0.717, 1.165) is 57.5 Å². The molecule has 0 atom stereocenters. The molecule has 6 nitrogen and oxygen atoms in total. The molecule has 7 aromatic carbocycles. The summed E-state index contributed by atoms with van der Waals surface area (Å²) in [7, 11) is 0. The molecule has 0 spiro atoms. The number of oxazole rings is 2. The normalized spacial score (nSPS) is 11.1. The Kier molecular flexibility index (Phi) is 12.9. The summed E-state index contributed by atoms with van der Waals surface area (Å²) < 4.78 is 12.7. The number of anilines is 2. The van der Waals surface area contributed by atoms with E-state index in [9.17, 15) is 0 Å². The third kappa shape index (κ3) is 9.27. The molecular formula is C60H56N4O2. The third-order valence-corrected chi connectivity index (χ3v) is 12.6. The lowest BCUT2D eigenvalue weighted by molar-refractivity contribution is 0.496. The molecule has 66 heavy (non-hydrogen) atoms. The topological polar surface area (TPSA) is 58.5 Å². The van der Waals surface area contributed by atoms with Crippen molar-refractivity contribution in [1.82, 2.24) is 9.97 Å². The lowest BCUT2D eigenvalue weighted by atomic mass is 9.94. The highest BCUT2D eigenvalue weighted by Crippen LogP contribution is 2.27. The Morgan fingerprint density at radius 1 is 0.364 bits per heavy atom. The van der Waals surface area contributed by atoms with Crippen LogP contribution in [-0.4, -0.2) is 36.1 Å². The van der Waals surface area contributed by atoms with Crippen LogP contribution < -0.4 is 20.2 Å². The number of benzene rings is 7. The Balaban J connectivity index is 1.06. The second kappa shape index (κ2) is 19.6. The Labute approximate surface area is 386 Å². The van der Waals surface area contributed by atoms with Crippen LogP contribution in [0.5, 0.6) is 0 Å². The summed E-state index contributed by atoms with van der Waals surface area (Å²) in [5, 5.41) is 5.94. The first-order valence-corrected chi connectivity index (χ1v) is 23.1. The van der Waals surface area contributed by atoms with Crippen molar-refractivity contribution < 1.29 is 8.83 Å². The minimum atomic E-state index is 0.557. The van der Waals surface area contributed by atoms with Crippen LogP contribution in [0.4, 0.5) is 11.4 Å². The molecular weight excluding hydrogens is 809 g/mol. The van der Waals surface area contributed by atoms with Gasteiger partial charge in [0.15, 0.2) is 10.8 Å². The van der Waals surface area contributed by atoms with Crippen molar-refractivity contribution in [1.29, 1.82) is 0 Å². The van der Waals surface area contributed by atoms with Gasteiger partial charge in [-0.1, -0.05) is 132 Å². The molecule has 0 fully saturated rings. The monoisotopic (exact) mass is 864 g/mol. The molecule has 0 N–H and O–H groups in total. The second-order valence-corrected chi connectivity index (χ2v) is 16.7. The standard InChI is InChI=1S/C60H56N4O2/c1-7-63(8-2)53-35-31-49(32-36-53)58(50-33-37-54(38-34-50)64(9-3)10-4)48-25-29-52(30-26-48)60-62-40-56(66-60)44-21-27-51(28-22-44)59-61-39-55(65-59)43-19-23-47(24-20-43)57(45-15-11-41(5)12-16-45)46-17-13-42(6)14-18-46/h11-40H,7-10H2,1-6H3. The van der Waals surface area contributed by atoms with Gasteiger partial charge in [-0.3, -0.25) is 0 Å². The summed E-state index contributed by atoms with van der Waals surface area (Å²) >= 11 is 0. The number of hydrogen-bond acceptors (Lipinski definition) is 6. The molecule has 0 bridgehead atoms. The zero-order valence-electron chi connectivity index (χ0n) is 38.8. The number of rotatable bonds is 10. The summed E-state index contributed by atoms with van der Waals surface area (Å²) in [5.41, 5.74) is 14.6. The van der Waals surface area contributed by atoms with Crippen molar-refractivity contribution in [2.45, 2.75) is 41.5 Å². The van der Waals surface area contributed by atoms with E-state index in [1.54, 1.807) is 12.4 Å². The van der Waals surface area contributed by atoms with E-state index >= 15 is 0 Å². The fourth-order valence-electron chi connectivity index (χ4n) is 8.74. The van der Waals surface area contributed by atoms with Crippen LogP contribution >= 0.6 is 0 Å². The fourth-order valence-corrected chi connectivity index (χ4v) is 8.74. The highest BCUT2D eigenvalue weighted by atomic mass is 16.3. The van der Waals surface area contributed by atoms with Crippen LogP contribution in [0.25, 0.3) is 11.1 Å². The van der Waals surface area contributed by atoms with Gasteiger partial charge >= 0.3 is 0 Å². The Morgan fingerprint density at radius 2 is 0.652 bits per heavy atom. The van der Waals surface area contributed by atoms with Crippen molar-refractivity contribution in [3.05, 3.63) is 269 Å². The zero-order chi connectivity index (χ0) is 45.6. The van der Waals surface area contributed by atoms with Gasteiger partial charge in [0.05, 0.1) is 12.4 Å². The predicted octanol–water partition coefficient (Wildman–Crippen LogP) is 11.6. The lowest BCUT2D eigenvalue weighted by Crippen LogP contribution is -2.21. The predicted molar refractivity (Wildman–Crippen MR) is 268 cm³/mol. The van der Waals surface area contributed by atoms with Crippen molar-refractivity contribution >= 4 is 22.5 Å². The number of hydrogen-bond donors (Lipinski definition) is 0. The number of aromatic nitrogens is 2. The molecule has 0 radical (unpaired) electrons. The van der Waals surface area contributed by atoms with Gasteiger partial charge in [0.1, 0.15) is 0 Å². The smallest absolute Gasteiger partial charge is 0.226 e. The molecule has 0 unspecified atom stereocenters. The molecule has 9 aromatic rings. The van der Waals surface area contributed by atoms with Crippen LogP contribution in [0.2, 0.25) is 0 Å². The van der Waals surface area contributed by atoms with Gasteiger partial charge in [0, 0.05) is 58.4 Å². The van der Waals surface area contributed by atoms with Crippen LogP contribution in [0.3, 0.4) is 0 Å². The molecule has 2 heterocycles. The maximum atomic E-state index is 6.37. The summed E-state index contributed by atoms with van der Waals surface area (Å²) in [4.78, 5) is 14.1. The molecule has 0 saturated heterocycles. The van der Waals surface area contributed by atoms with Gasteiger partial charge in [-0.25, -0.2) is 9.97 Å². The van der Waals surface area contributed by atoms with Crippen LogP contribution in [-0.2, 0) is 0 Å². The average Bonchev–Trinajstić information content (AvgIpc) is 4.07. The molecule has 6 heteroatoms. The van der Waals surface area contributed by atoms with E-state index in [1.165, 1.54) is 55.9 Å². The highest BCUT2D eigenvalue weighted by molar-refractivity contribution is 5.81. The minimum absolute atomic E-state index is 0.557. The average molecular weight is 865 g/mol. The molecule has 2 aromatic heterocycles. The maximum Gasteiger partial charge on any atom is 0.226 e. The van der Waals surface area contributed by atoms with Crippen LogP contribution in [0.1, 0.15) is 61.1 Å². The molecule has 328 valence electrons. The molecule has 0 aliphatic heterocycles. The van der Waals surface area contributed by atoms with Gasteiger partial charge in [-0.05, 0) is 134 Å². The molecule has 0 aliphatic rings. The Hall–Kier alpha value is -7.70. The van der Waals surface area contributed by atoms with E-state index in [0.29, 0.717) is 21.9 Å². The van der Waals surface area contributed by atoms with Crippen molar-refractivity contribution in [2.75, 3.05) is 36.0 Å². The summed E-state index contributed by atoms with van der Waals surface area (Å²) in [6.07, 6.45) is 3.59. The highest BCUT2D eigenvalue weighted by Gasteiger charge is 2.11. The summed E-state index contributed by atoms with van der Waals surface area (Å²) in [6, 6.07) is 60.5. The largest absolute Gasteiger partial charge is 0.436 e. The summed E-state index contributed by atoms with van der Waals surface area (Å²) in [5.74, 6) is 0. The number of aryl methyl sites for hydroxylation is 2. The van der Waals surface area contributed by atoms with E-state index in [-0.39, 0.29) is 0 Å². The third-order valence-electron chi connectivity index (χ3n) is 12.6. The molecule has 0 amide bonds. The second-order valence-electron chi connectivity index (χ2n) is 16.7. The van der Waals surface area contributed by atoms with Gasteiger partial charge in [-0.15, -0.1) is 0 Å². The van der Waals surface area contributed by atoms with Crippen molar-refractivity contribution in [3.8, 4) is 0 Å². The summed E-state index contributed by atoms with van der Waals surface area (Å²) in [6.45, 7) is 16.9. The number of nitrogens with zero attached hydrogens (tertiary/aromatic N) is 4. The molecule has 0 aliphatic carbocycles. The first kappa shape index (κ1) is 43.5. The fraction of sp³-hybridized carbons (Fsp3) is 0.167. The lowest BCUT2D eigenvalue weighted by Gasteiger charge is -2.22. The zero-order valence-corrected chi connectivity index (χ0v) is 38.8. The van der Waals surface area contributed by atoms with E-state index in [1.807, 2.05) is 24.3 Å². The first-order chi connectivity index (χ1) is 32.3. The Morgan fingerprint density at radius 3 is 0.985 bits per heavy atom. The minimum Gasteiger partial charge on any atom is -0.436 e. The van der Waals surface area contributed by atoms with Crippen molar-refractivity contribution in [2.24, 2.45) is 0 Å².